The molecule has 0 bridgehead atoms. The van der Waals surface area contributed by atoms with E-state index in [0.29, 0.717) is 28.3 Å². The maximum Gasteiger partial charge on any atom is 0.262 e. The maximum absolute atomic E-state index is 13.5. The number of carbonyl (C=O) groups is 2. The molecule has 2 amide bonds. The van der Waals surface area contributed by atoms with Crippen molar-refractivity contribution in [3.63, 3.8) is 0 Å². The first-order chi connectivity index (χ1) is 15.5. The molecule has 32 heavy (non-hydrogen) atoms. The molecule has 3 aromatic rings. The number of ether oxygens (including phenoxy) is 2. The summed E-state index contributed by atoms with van der Waals surface area (Å²) in [5.74, 6) is -0.978. The molecule has 164 valence electrons. The molecule has 8 heteroatoms. The van der Waals surface area contributed by atoms with Crippen LogP contribution in [0.4, 0.5) is 14.5 Å². The molecule has 0 aromatic heterocycles. The fraction of sp³-hybridized carbons (Fsp3) is 0.167. The van der Waals surface area contributed by atoms with E-state index in [1.54, 1.807) is 30.3 Å². The van der Waals surface area contributed by atoms with Crippen molar-refractivity contribution in [1.82, 2.24) is 4.90 Å². The highest BCUT2D eigenvalue weighted by Gasteiger charge is 2.22. The zero-order chi connectivity index (χ0) is 22.5. The van der Waals surface area contributed by atoms with Gasteiger partial charge in [-0.2, -0.15) is 0 Å². The van der Waals surface area contributed by atoms with Crippen LogP contribution in [0.2, 0.25) is 0 Å². The number of fused-ring (bicyclic) bond motifs is 1. The normalized spacial score (nSPS) is 13.1. The van der Waals surface area contributed by atoms with E-state index >= 15 is 0 Å². The highest BCUT2D eigenvalue weighted by atomic mass is 19.1. The average Bonchev–Trinajstić information content (AvgIpc) is 2.91. The van der Waals surface area contributed by atoms with Gasteiger partial charge in [0.25, 0.3) is 11.8 Å². The zero-order valence-electron chi connectivity index (χ0n) is 17.0. The summed E-state index contributed by atoms with van der Waals surface area (Å²) in [5.41, 5.74) is 1.51. The van der Waals surface area contributed by atoms with Crippen LogP contribution in [0, 0.1) is 11.6 Å². The molecule has 3 aromatic carbocycles. The summed E-state index contributed by atoms with van der Waals surface area (Å²) < 4.78 is 38.1. The Bertz CT molecular complexity index is 1120. The topological polar surface area (TPSA) is 67.9 Å². The van der Waals surface area contributed by atoms with Crippen molar-refractivity contribution < 1.29 is 27.8 Å². The second-order valence-corrected chi connectivity index (χ2v) is 7.29. The monoisotopic (exact) mass is 438 g/mol. The third-order valence-electron chi connectivity index (χ3n) is 4.82. The number of carbonyl (C=O) groups excluding carboxylic acids is 2. The van der Waals surface area contributed by atoms with Gasteiger partial charge in [0.2, 0.25) is 0 Å². The van der Waals surface area contributed by atoms with Crippen molar-refractivity contribution in [1.29, 1.82) is 0 Å². The van der Waals surface area contributed by atoms with E-state index in [1.165, 1.54) is 17.0 Å². The molecule has 0 saturated heterocycles. The summed E-state index contributed by atoms with van der Waals surface area (Å²) in [6, 6.07) is 17.2. The molecule has 0 atom stereocenters. The van der Waals surface area contributed by atoms with E-state index in [4.69, 9.17) is 9.47 Å². The Balaban J connectivity index is 1.44. The zero-order valence-corrected chi connectivity index (χ0v) is 17.0. The molecular weight excluding hydrogens is 418 g/mol. The van der Waals surface area contributed by atoms with Gasteiger partial charge in [0.15, 0.2) is 13.2 Å². The molecule has 6 nitrogen and oxygen atoms in total. The molecule has 1 N–H and O–H groups in total. The van der Waals surface area contributed by atoms with E-state index in [9.17, 15) is 18.4 Å². The van der Waals surface area contributed by atoms with Crippen molar-refractivity contribution in [2.75, 3.05) is 18.5 Å². The number of halogens is 2. The summed E-state index contributed by atoms with van der Waals surface area (Å²) in [6.45, 7) is -0.164. The van der Waals surface area contributed by atoms with Crippen molar-refractivity contribution in [2.45, 2.75) is 13.1 Å². The summed E-state index contributed by atoms with van der Waals surface area (Å²) in [7, 11) is 0. The minimum absolute atomic E-state index is 0.0256. The summed E-state index contributed by atoms with van der Waals surface area (Å²) in [6.07, 6.45) is 0. The minimum Gasteiger partial charge on any atom is -0.484 e. The van der Waals surface area contributed by atoms with Crippen LogP contribution < -0.4 is 14.8 Å². The van der Waals surface area contributed by atoms with Gasteiger partial charge in [0.05, 0.1) is 0 Å². The molecule has 0 fully saturated rings. The number of para-hydroxylation sites is 1. The van der Waals surface area contributed by atoms with Gasteiger partial charge in [0.1, 0.15) is 23.1 Å². The quantitative estimate of drug-likeness (QED) is 0.634. The van der Waals surface area contributed by atoms with Crippen LogP contribution in [0.25, 0.3) is 0 Å². The van der Waals surface area contributed by atoms with Crippen LogP contribution in [0.5, 0.6) is 11.5 Å². The largest absolute Gasteiger partial charge is 0.484 e. The van der Waals surface area contributed by atoms with Crippen molar-refractivity contribution in [3.8, 4) is 11.5 Å². The third-order valence-corrected chi connectivity index (χ3v) is 4.82. The molecule has 0 aliphatic carbocycles. The van der Waals surface area contributed by atoms with Crippen molar-refractivity contribution >= 4 is 17.5 Å². The fourth-order valence-corrected chi connectivity index (χ4v) is 3.38. The molecule has 4 rings (SSSR count). The summed E-state index contributed by atoms with van der Waals surface area (Å²) >= 11 is 0. The van der Waals surface area contributed by atoms with Crippen molar-refractivity contribution in [2.24, 2.45) is 0 Å². The summed E-state index contributed by atoms with van der Waals surface area (Å²) in [4.78, 5) is 26.2. The number of hydrogen-bond donors (Lipinski definition) is 1. The smallest absolute Gasteiger partial charge is 0.262 e. The lowest BCUT2D eigenvalue weighted by molar-refractivity contribution is -0.133. The molecular formula is C24H20F2N2O4. The van der Waals surface area contributed by atoms with E-state index in [-0.39, 0.29) is 38.1 Å². The van der Waals surface area contributed by atoms with Crippen LogP contribution in [-0.2, 0) is 22.7 Å². The number of amides is 2. The van der Waals surface area contributed by atoms with E-state index in [2.05, 4.69) is 5.32 Å². The number of nitrogens with one attached hydrogen (secondary N) is 1. The molecule has 0 saturated carbocycles. The first-order valence-corrected chi connectivity index (χ1v) is 9.92. The Hall–Kier alpha value is -3.94. The number of hydrogen-bond acceptors (Lipinski definition) is 4. The second kappa shape index (κ2) is 9.47. The molecule has 1 heterocycles. The molecule has 1 aliphatic heterocycles. The number of benzene rings is 3. The van der Waals surface area contributed by atoms with Gasteiger partial charge in [-0.25, -0.2) is 8.78 Å². The first kappa shape index (κ1) is 21.3. The van der Waals surface area contributed by atoms with Gasteiger partial charge in [0, 0.05) is 30.4 Å². The highest BCUT2D eigenvalue weighted by Crippen LogP contribution is 2.28. The second-order valence-electron chi connectivity index (χ2n) is 7.29. The van der Waals surface area contributed by atoms with Gasteiger partial charge >= 0.3 is 0 Å². The number of nitrogens with zero attached hydrogens (tertiary/aromatic N) is 1. The van der Waals surface area contributed by atoms with Crippen LogP contribution >= 0.6 is 0 Å². The SMILES string of the molecule is O=C(COc1ccccc1)Nc1ccc2c(c1)CN(Cc1cc(F)cc(F)c1)C(=O)CO2. The van der Waals surface area contributed by atoms with Crippen LogP contribution in [0.1, 0.15) is 11.1 Å². The Morgan fingerprint density at radius 2 is 1.78 bits per heavy atom. The summed E-state index contributed by atoms with van der Waals surface area (Å²) in [5, 5.41) is 2.75. The molecule has 0 radical (unpaired) electrons. The van der Waals surface area contributed by atoms with Gasteiger partial charge in [-0.3, -0.25) is 9.59 Å². The van der Waals surface area contributed by atoms with E-state index < -0.39 is 11.6 Å². The van der Waals surface area contributed by atoms with Gasteiger partial charge in [-0.1, -0.05) is 18.2 Å². The lowest BCUT2D eigenvalue weighted by Gasteiger charge is -2.20. The standard InChI is InChI=1S/C24H20F2N2O4/c25-18-8-16(9-19(26)11-18)12-28-13-17-10-20(6-7-22(17)32-15-24(28)30)27-23(29)14-31-21-4-2-1-3-5-21/h1-11H,12-15H2,(H,27,29). The van der Waals surface area contributed by atoms with Gasteiger partial charge in [-0.05, 0) is 48.0 Å². The first-order valence-electron chi connectivity index (χ1n) is 9.92. The number of anilines is 1. The Labute approximate surface area is 183 Å². The van der Waals surface area contributed by atoms with Crippen LogP contribution in [0.15, 0.2) is 66.7 Å². The van der Waals surface area contributed by atoms with Gasteiger partial charge < -0.3 is 19.7 Å². The fourth-order valence-electron chi connectivity index (χ4n) is 3.38. The predicted octanol–water partition coefficient (Wildman–Crippen LogP) is 3.90. The Morgan fingerprint density at radius 1 is 1.03 bits per heavy atom. The Kier molecular flexibility index (Phi) is 6.30. The third kappa shape index (κ3) is 5.40. The molecule has 0 unspecified atom stereocenters. The molecule has 0 spiro atoms. The maximum atomic E-state index is 13.5. The lowest BCUT2D eigenvalue weighted by Crippen LogP contribution is -2.32. The lowest BCUT2D eigenvalue weighted by atomic mass is 10.1. The minimum atomic E-state index is -0.707. The van der Waals surface area contributed by atoms with E-state index in [0.717, 1.165) is 6.07 Å². The Morgan fingerprint density at radius 3 is 2.53 bits per heavy atom. The van der Waals surface area contributed by atoms with Crippen molar-refractivity contribution in [3.05, 3.63) is 89.5 Å². The van der Waals surface area contributed by atoms with Gasteiger partial charge in [-0.15, -0.1) is 0 Å². The average molecular weight is 438 g/mol. The molecule has 1 aliphatic rings. The number of rotatable bonds is 6. The van der Waals surface area contributed by atoms with Crippen LogP contribution in [0.3, 0.4) is 0 Å². The van der Waals surface area contributed by atoms with E-state index in [1.807, 2.05) is 18.2 Å². The van der Waals surface area contributed by atoms with Crippen LogP contribution in [-0.4, -0.2) is 29.9 Å². The predicted molar refractivity (Wildman–Crippen MR) is 113 cm³/mol. The highest BCUT2D eigenvalue weighted by molar-refractivity contribution is 5.92.